The maximum Gasteiger partial charge on any atom is 0.410 e. The maximum atomic E-state index is 13.4. The van der Waals surface area contributed by atoms with Gasteiger partial charge in [-0.1, -0.05) is 60.7 Å². The van der Waals surface area contributed by atoms with Gasteiger partial charge in [0.2, 0.25) is 0 Å². The molecule has 2 amide bonds. The predicted molar refractivity (Wildman–Crippen MR) is 144 cm³/mol. The van der Waals surface area contributed by atoms with E-state index in [0.717, 1.165) is 22.4 Å². The van der Waals surface area contributed by atoms with Crippen molar-refractivity contribution in [3.63, 3.8) is 0 Å². The number of hydrazine groups is 1. The molecule has 3 atom stereocenters. The number of carbonyl (C=O) groups is 2. The number of carbonyl (C=O) groups excluding carboxylic acids is 2. The molecule has 0 spiro atoms. The highest BCUT2D eigenvalue weighted by atomic mass is 16.6. The van der Waals surface area contributed by atoms with Crippen molar-refractivity contribution in [1.29, 1.82) is 0 Å². The number of nitrogens with two attached hydrogens (primary N) is 1. The predicted octanol–water partition coefficient (Wildman–Crippen LogP) is 2.74. The Morgan fingerprint density at radius 3 is 2.39 bits per heavy atom. The molecule has 9 nitrogen and oxygen atoms in total. The Morgan fingerprint density at radius 1 is 1.11 bits per heavy atom. The Labute approximate surface area is 223 Å². The minimum Gasteiger partial charge on any atom is -0.441 e. The molecule has 1 aromatic heterocycles. The number of hydrogen-bond donors (Lipinski definition) is 3. The van der Waals surface area contributed by atoms with E-state index in [4.69, 9.17) is 10.5 Å². The lowest BCUT2D eigenvalue weighted by atomic mass is 9.98. The molecule has 3 aromatic rings. The number of aliphatic hydroxyl groups is 1. The summed E-state index contributed by atoms with van der Waals surface area (Å²) < 4.78 is 5.37. The summed E-state index contributed by atoms with van der Waals surface area (Å²) in [6, 6.07) is 21.9. The topological polar surface area (TPSA) is 121 Å². The van der Waals surface area contributed by atoms with E-state index in [1.165, 1.54) is 11.9 Å². The molecule has 1 saturated heterocycles. The van der Waals surface area contributed by atoms with Gasteiger partial charge in [-0.3, -0.25) is 20.1 Å². The van der Waals surface area contributed by atoms with Crippen LogP contribution in [0.25, 0.3) is 11.3 Å². The summed E-state index contributed by atoms with van der Waals surface area (Å²) in [4.78, 5) is 31.1. The van der Waals surface area contributed by atoms with Gasteiger partial charge in [-0.25, -0.2) is 9.80 Å². The van der Waals surface area contributed by atoms with E-state index in [-0.39, 0.29) is 6.54 Å². The van der Waals surface area contributed by atoms with Gasteiger partial charge < -0.3 is 15.6 Å². The number of benzene rings is 2. The van der Waals surface area contributed by atoms with E-state index in [1.54, 1.807) is 25.1 Å². The molecule has 1 aliphatic heterocycles. The van der Waals surface area contributed by atoms with Crippen LogP contribution in [0, 0.1) is 0 Å². The van der Waals surface area contributed by atoms with Crippen LogP contribution in [0.2, 0.25) is 0 Å². The summed E-state index contributed by atoms with van der Waals surface area (Å²) >= 11 is 0. The number of hydrogen-bond acceptors (Lipinski definition) is 7. The third-order valence-electron chi connectivity index (χ3n) is 6.70. The largest absolute Gasteiger partial charge is 0.441 e. The molecule has 2 aromatic carbocycles. The number of ether oxygens (including phenoxy) is 1. The van der Waals surface area contributed by atoms with Crippen LogP contribution < -0.4 is 11.2 Å². The summed E-state index contributed by atoms with van der Waals surface area (Å²) in [5, 5.41) is 12.6. The second-order valence-corrected chi connectivity index (χ2v) is 10.2. The van der Waals surface area contributed by atoms with Crippen molar-refractivity contribution >= 4 is 12.0 Å². The number of aromatic nitrogens is 1. The lowest BCUT2D eigenvalue weighted by molar-refractivity contribution is -0.133. The summed E-state index contributed by atoms with van der Waals surface area (Å²) in [7, 11) is 1.53. The Hall–Kier alpha value is -3.79. The highest BCUT2D eigenvalue weighted by molar-refractivity contribution is 5.89. The first-order valence-electron chi connectivity index (χ1n) is 12.6. The number of likely N-dealkylation sites (N-methyl/N-ethyl adjacent to an activating group) is 1. The van der Waals surface area contributed by atoms with E-state index < -0.39 is 35.8 Å². The highest BCUT2D eigenvalue weighted by Gasteiger charge is 2.50. The number of nitrogens with zero attached hydrogens (tertiary/aromatic N) is 3. The average molecular weight is 518 g/mol. The molecule has 2 heterocycles. The summed E-state index contributed by atoms with van der Waals surface area (Å²) in [6.45, 7) is 3.80. The van der Waals surface area contributed by atoms with Gasteiger partial charge in [0.05, 0.1) is 11.8 Å². The van der Waals surface area contributed by atoms with Crippen molar-refractivity contribution in [2.75, 3.05) is 13.6 Å². The molecule has 38 heavy (non-hydrogen) atoms. The summed E-state index contributed by atoms with van der Waals surface area (Å²) in [6.07, 6.45) is 0.757. The van der Waals surface area contributed by atoms with E-state index in [0.29, 0.717) is 13.0 Å². The smallest absolute Gasteiger partial charge is 0.410 e. The second-order valence-electron chi connectivity index (χ2n) is 10.2. The number of nitrogens with one attached hydrogen (secondary N) is 1. The van der Waals surface area contributed by atoms with E-state index >= 15 is 0 Å². The zero-order valence-corrected chi connectivity index (χ0v) is 21.9. The SMILES string of the molecule is CN1C(=O)OC(C)(C)C1C(=O)NN(Cc1ccc(-c2ccccn2)cc1)CC(O)C(N)Cc1ccccc1. The van der Waals surface area contributed by atoms with E-state index in [9.17, 15) is 14.7 Å². The van der Waals surface area contributed by atoms with Crippen molar-refractivity contribution < 1.29 is 19.4 Å². The molecule has 0 aliphatic carbocycles. The highest BCUT2D eigenvalue weighted by Crippen LogP contribution is 2.28. The lowest BCUT2D eigenvalue weighted by Crippen LogP contribution is -2.57. The Morgan fingerprint density at radius 2 is 1.79 bits per heavy atom. The van der Waals surface area contributed by atoms with Gasteiger partial charge in [-0.15, -0.1) is 0 Å². The molecule has 1 aliphatic rings. The molecule has 4 rings (SSSR count). The second kappa shape index (κ2) is 11.7. The fraction of sp³-hybridized carbons (Fsp3) is 0.345. The van der Waals surface area contributed by atoms with Crippen LogP contribution in [0.3, 0.4) is 0 Å². The number of cyclic esters (lactones) is 1. The van der Waals surface area contributed by atoms with Crippen molar-refractivity contribution in [3.8, 4) is 11.3 Å². The third-order valence-corrected chi connectivity index (χ3v) is 6.70. The molecule has 4 N–H and O–H groups in total. The first kappa shape index (κ1) is 27.3. The van der Waals surface area contributed by atoms with Crippen LogP contribution >= 0.6 is 0 Å². The number of rotatable bonds is 10. The minimum absolute atomic E-state index is 0.0907. The van der Waals surface area contributed by atoms with Crippen LogP contribution in [-0.4, -0.2) is 69.4 Å². The zero-order chi connectivity index (χ0) is 27.3. The fourth-order valence-corrected chi connectivity index (χ4v) is 4.70. The van der Waals surface area contributed by atoms with E-state index in [1.807, 2.05) is 72.8 Å². The van der Waals surface area contributed by atoms with Crippen molar-refractivity contribution in [1.82, 2.24) is 20.3 Å². The molecular formula is C29H35N5O4. The quantitative estimate of drug-likeness (QED) is 0.354. The molecule has 0 bridgehead atoms. The van der Waals surface area contributed by atoms with Crippen LogP contribution in [0.4, 0.5) is 4.79 Å². The number of aliphatic hydroxyl groups excluding tert-OH is 1. The normalized spacial score (nSPS) is 18.2. The molecule has 1 fully saturated rings. The molecule has 3 unspecified atom stereocenters. The van der Waals surface area contributed by atoms with Crippen molar-refractivity contribution in [2.24, 2.45) is 5.73 Å². The van der Waals surface area contributed by atoms with Crippen LogP contribution in [0.15, 0.2) is 79.0 Å². The van der Waals surface area contributed by atoms with Crippen molar-refractivity contribution in [3.05, 3.63) is 90.1 Å². The third kappa shape index (κ3) is 6.55. The van der Waals surface area contributed by atoms with Gasteiger partial charge in [0.15, 0.2) is 6.04 Å². The minimum atomic E-state index is -1.01. The molecule has 0 saturated carbocycles. The Kier molecular flexibility index (Phi) is 8.41. The van der Waals surface area contributed by atoms with Crippen LogP contribution in [-0.2, 0) is 22.5 Å². The van der Waals surface area contributed by atoms with Crippen LogP contribution in [0.1, 0.15) is 25.0 Å². The zero-order valence-electron chi connectivity index (χ0n) is 21.9. The molecule has 200 valence electrons. The van der Waals surface area contributed by atoms with E-state index in [2.05, 4.69) is 10.4 Å². The monoisotopic (exact) mass is 517 g/mol. The fourth-order valence-electron chi connectivity index (χ4n) is 4.70. The van der Waals surface area contributed by atoms with Gasteiger partial charge in [0.1, 0.15) is 5.60 Å². The van der Waals surface area contributed by atoms with Gasteiger partial charge in [0.25, 0.3) is 5.91 Å². The summed E-state index contributed by atoms with van der Waals surface area (Å²) in [5.74, 6) is -0.405. The molecule has 0 radical (unpaired) electrons. The van der Waals surface area contributed by atoms with Crippen LogP contribution in [0.5, 0.6) is 0 Å². The molecular weight excluding hydrogens is 482 g/mol. The summed E-state index contributed by atoms with van der Waals surface area (Å²) in [5.41, 5.74) is 12.0. The maximum absolute atomic E-state index is 13.4. The van der Waals surface area contributed by atoms with Gasteiger partial charge in [-0.2, -0.15) is 0 Å². The number of pyridine rings is 1. The van der Waals surface area contributed by atoms with Gasteiger partial charge in [-0.05, 0) is 43.5 Å². The first-order chi connectivity index (χ1) is 18.1. The standard InChI is InChI=1S/C29H35N5O4/c1-29(2)26(33(3)28(37)38-29)27(36)32-34(19-25(35)23(30)17-20-9-5-4-6-10-20)18-21-12-14-22(15-13-21)24-11-7-8-16-31-24/h4-16,23,25-26,35H,17-19,30H2,1-3H3,(H,32,36). The lowest BCUT2D eigenvalue weighted by Gasteiger charge is -2.32. The Balaban J connectivity index is 1.50. The average Bonchev–Trinajstić information content (AvgIpc) is 3.11. The van der Waals surface area contributed by atoms with Gasteiger partial charge in [0, 0.05) is 37.9 Å². The number of amides is 2. The van der Waals surface area contributed by atoms with Gasteiger partial charge >= 0.3 is 6.09 Å². The Bertz CT molecular complexity index is 1220. The first-order valence-corrected chi connectivity index (χ1v) is 12.6. The molecule has 9 heteroatoms. The van der Waals surface area contributed by atoms with Crippen molar-refractivity contribution in [2.45, 2.75) is 50.6 Å².